The quantitative estimate of drug-likeness (QED) is 0.690. The number of hydrogen-bond acceptors (Lipinski definition) is 3. The van der Waals surface area contributed by atoms with E-state index in [0.717, 1.165) is 18.2 Å². The van der Waals surface area contributed by atoms with Crippen molar-refractivity contribution in [3.05, 3.63) is 35.4 Å². The van der Waals surface area contributed by atoms with Crippen molar-refractivity contribution in [3.63, 3.8) is 0 Å². The Kier molecular flexibility index (Phi) is 4.33. The zero-order valence-corrected chi connectivity index (χ0v) is 8.28. The van der Waals surface area contributed by atoms with Gasteiger partial charge in [-0.2, -0.15) is 0 Å². The maximum Gasteiger partial charge on any atom is 0.323 e. The van der Waals surface area contributed by atoms with Gasteiger partial charge in [-0.05, 0) is 18.2 Å². The largest absolute Gasteiger partial charge is 0.480 e. The van der Waals surface area contributed by atoms with E-state index in [4.69, 9.17) is 10.2 Å². The van der Waals surface area contributed by atoms with E-state index in [2.05, 4.69) is 5.32 Å². The highest BCUT2D eigenvalue weighted by Gasteiger charge is 2.15. The van der Waals surface area contributed by atoms with Crippen molar-refractivity contribution in [1.29, 1.82) is 0 Å². The van der Waals surface area contributed by atoms with Crippen LogP contribution in [0, 0.1) is 11.6 Å². The van der Waals surface area contributed by atoms with Crippen LogP contribution in [0.1, 0.15) is 5.56 Å². The molecule has 0 radical (unpaired) electrons. The Labute approximate surface area is 90.5 Å². The molecule has 0 aromatic heterocycles. The zero-order valence-electron chi connectivity index (χ0n) is 8.28. The first kappa shape index (κ1) is 12.5. The summed E-state index contributed by atoms with van der Waals surface area (Å²) in [5, 5.41) is 19.7. The second-order valence-corrected chi connectivity index (χ2v) is 3.19. The third kappa shape index (κ3) is 3.25. The van der Waals surface area contributed by atoms with Gasteiger partial charge in [-0.25, -0.2) is 8.78 Å². The van der Waals surface area contributed by atoms with Gasteiger partial charge in [0.05, 0.1) is 6.61 Å². The van der Waals surface area contributed by atoms with E-state index in [0.29, 0.717) is 0 Å². The molecule has 1 atom stereocenters. The van der Waals surface area contributed by atoms with Crippen LogP contribution < -0.4 is 5.32 Å². The number of carboxylic acids is 1. The van der Waals surface area contributed by atoms with Crippen LogP contribution in [0.5, 0.6) is 0 Å². The molecule has 0 heterocycles. The maximum atomic E-state index is 13.1. The lowest BCUT2D eigenvalue weighted by atomic mass is 10.2. The van der Waals surface area contributed by atoms with Crippen molar-refractivity contribution < 1.29 is 23.8 Å². The summed E-state index contributed by atoms with van der Waals surface area (Å²) in [5.41, 5.74) is 0.0136. The molecule has 0 aliphatic carbocycles. The van der Waals surface area contributed by atoms with Crippen molar-refractivity contribution in [2.24, 2.45) is 0 Å². The second-order valence-electron chi connectivity index (χ2n) is 3.19. The summed E-state index contributed by atoms with van der Waals surface area (Å²) in [6.45, 7) is -0.784. The van der Waals surface area contributed by atoms with E-state index in [1.807, 2.05) is 0 Å². The van der Waals surface area contributed by atoms with Crippen LogP contribution in [0.4, 0.5) is 8.78 Å². The number of benzene rings is 1. The van der Waals surface area contributed by atoms with Gasteiger partial charge in [-0.1, -0.05) is 0 Å². The summed E-state index contributed by atoms with van der Waals surface area (Å²) in [6, 6.07) is 1.71. The first-order valence-corrected chi connectivity index (χ1v) is 4.55. The van der Waals surface area contributed by atoms with Crippen molar-refractivity contribution in [3.8, 4) is 0 Å². The number of rotatable bonds is 5. The van der Waals surface area contributed by atoms with Gasteiger partial charge in [0.1, 0.15) is 17.7 Å². The zero-order chi connectivity index (χ0) is 12.1. The Balaban J connectivity index is 2.66. The van der Waals surface area contributed by atoms with E-state index in [9.17, 15) is 13.6 Å². The molecule has 3 N–H and O–H groups in total. The van der Waals surface area contributed by atoms with Gasteiger partial charge in [-0.15, -0.1) is 0 Å². The molecule has 0 fully saturated rings. The normalized spacial score (nSPS) is 12.4. The summed E-state index contributed by atoms with van der Waals surface area (Å²) in [6.07, 6.45) is 0. The summed E-state index contributed by atoms with van der Waals surface area (Å²) in [5.74, 6) is -2.48. The van der Waals surface area contributed by atoms with Crippen LogP contribution in [0.25, 0.3) is 0 Å². The number of aliphatic hydroxyl groups excluding tert-OH is 1. The number of aliphatic hydroxyl groups is 1. The molecule has 0 saturated heterocycles. The molecule has 0 spiro atoms. The van der Waals surface area contributed by atoms with E-state index in [1.165, 1.54) is 0 Å². The van der Waals surface area contributed by atoms with Crippen LogP contribution in [0.3, 0.4) is 0 Å². The van der Waals surface area contributed by atoms with Gasteiger partial charge in [0.15, 0.2) is 0 Å². The van der Waals surface area contributed by atoms with Gasteiger partial charge < -0.3 is 10.2 Å². The van der Waals surface area contributed by atoms with Gasteiger partial charge in [0.25, 0.3) is 0 Å². The molecule has 0 unspecified atom stereocenters. The Bertz CT molecular complexity index is 384. The lowest BCUT2D eigenvalue weighted by Crippen LogP contribution is -2.39. The van der Waals surface area contributed by atoms with E-state index in [-0.39, 0.29) is 12.1 Å². The number of carboxylic acid groups (broad SMARTS) is 1. The average molecular weight is 231 g/mol. The third-order valence-corrected chi connectivity index (χ3v) is 2.03. The highest BCUT2D eigenvalue weighted by atomic mass is 19.1. The fourth-order valence-corrected chi connectivity index (χ4v) is 1.14. The molecule has 0 amide bonds. The summed E-state index contributed by atoms with van der Waals surface area (Å²) in [7, 11) is 0. The molecule has 1 aromatic carbocycles. The molecular weight excluding hydrogens is 220 g/mol. The summed E-state index contributed by atoms with van der Waals surface area (Å²) < 4.78 is 25.9. The van der Waals surface area contributed by atoms with E-state index in [1.54, 1.807) is 0 Å². The fraction of sp³-hybridized carbons (Fsp3) is 0.300. The van der Waals surface area contributed by atoms with Gasteiger partial charge in [0, 0.05) is 12.1 Å². The first-order chi connectivity index (χ1) is 7.54. The van der Waals surface area contributed by atoms with Crippen LogP contribution in [0.15, 0.2) is 18.2 Å². The minimum Gasteiger partial charge on any atom is -0.480 e. The molecule has 0 bridgehead atoms. The number of nitrogens with one attached hydrogen (secondary N) is 1. The molecule has 1 rings (SSSR count). The Morgan fingerprint density at radius 2 is 2.12 bits per heavy atom. The minimum absolute atomic E-state index is 0.0136. The highest BCUT2D eigenvalue weighted by Crippen LogP contribution is 2.09. The molecule has 0 aliphatic rings. The molecule has 0 saturated carbocycles. The molecule has 0 aliphatic heterocycles. The van der Waals surface area contributed by atoms with E-state index >= 15 is 0 Å². The Morgan fingerprint density at radius 3 is 2.69 bits per heavy atom. The lowest BCUT2D eigenvalue weighted by Gasteiger charge is -2.11. The van der Waals surface area contributed by atoms with Crippen molar-refractivity contribution in [2.45, 2.75) is 12.6 Å². The van der Waals surface area contributed by atoms with Gasteiger partial charge in [-0.3, -0.25) is 10.1 Å². The van der Waals surface area contributed by atoms with Crippen molar-refractivity contribution >= 4 is 5.97 Å². The monoisotopic (exact) mass is 231 g/mol. The topological polar surface area (TPSA) is 69.6 Å². The van der Waals surface area contributed by atoms with Gasteiger partial charge in [0.2, 0.25) is 0 Å². The Morgan fingerprint density at radius 1 is 1.44 bits per heavy atom. The third-order valence-electron chi connectivity index (χ3n) is 2.03. The van der Waals surface area contributed by atoms with E-state index < -0.39 is 30.3 Å². The molecule has 1 aromatic rings. The van der Waals surface area contributed by atoms with Crippen molar-refractivity contribution in [2.75, 3.05) is 6.61 Å². The number of halogens is 2. The van der Waals surface area contributed by atoms with Crippen LogP contribution in [0.2, 0.25) is 0 Å². The standard InChI is InChI=1S/C10H11F2NO3/c11-7-1-2-8(12)6(3-7)4-13-9(5-14)10(15)16/h1-3,9,13-14H,4-5H2,(H,15,16)/t9-/m1/s1. The number of carbonyl (C=O) groups is 1. The molecular formula is C10H11F2NO3. The van der Waals surface area contributed by atoms with Gasteiger partial charge >= 0.3 is 5.97 Å². The molecule has 16 heavy (non-hydrogen) atoms. The molecule has 88 valence electrons. The average Bonchev–Trinajstić information content (AvgIpc) is 2.23. The van der Waals surface area contributed by atoms with Crippen molar-refractivity contribution in [1.82, 2.24) is 5.32 Å². The Hall–Kier alpha value is -1.53. The minimum atomic E-state index is -1.25. The maximum absolute atomic E-state index is 13.1. The smallest absolute Gasteiger partial charge is 0.323 e. The van der Waals surface area contributed by atoms with Crippen LogP contribution in [-0.4, -0.2) is 28.8 Å². The van der Waals surface area contributed by atoms with Crippen LogP contribution >= 0.6 is 0 Å². The predicted octanol–water partition coefficient (Wildman–Crippen LogP) is 0.500. The number of hydrogen-bond donors (Lipinski definition) is 3. The highest BCUT2D eigenvalue weighted by molar-refractivity contribution is 5.73. The van der Waals surface area contributed by atoms with Crippen LogP contribution in [-0.2, 0) is 11.3 Å². The fourth-order valence-electron chi connectivity index (χ4n) is 1.14. The predicted molar refractivity (Wildman–Crippen MR) is 51.7 cm³/mol. The number of aliphatic carboxylic acids is 1. The SMILES string of the molecule is O=C(O)[C@@H](CO)NCc1cc(F)ccc1F. The second kappa shape index (κ2) is 5.53. The summed E-state index contributed by atoms with van der Waals surface area (Å²) >= 11 is 0. The first-order valence-electron chi connectivity index (χ1n) is 4.55. The summed E-state index contributed by atoms with van der Waals surface area (Å²) in [4.78, 5) is 10.5. The molecule has 4 nitrogen and oxygen atoms in total. The molecule has 6 heteroatoms. The lowest BCUT2D eigenvalue weighted by molar-refractivity contribution is -0.140.